The van der Waals surface area contributed by atoms with Gasteiger partial charge in [0.1, 0.15) is 5.82 Å². The van der Waals surface area contributed by atoms with E-state index in [9.17, 15) is 14.0 Å². The van der Waals surface area contributed by atoms with E-state index in [2.05, 4.69) is 5.32 Å². The van der Waals surface area contributed by atoms with Crippen LogP contribution in [0.3, 0.4) is 0 Å². The molecule has 0 saturated carbocycles. The van der Waals surface area contributed by atoms with Crippen molar-refractivity contribution in [3.05, 3.63) is 76.5 Å². The van der Waals surface area contributed by atoms with Crippen molar-refractivity contribution < 1.29 is 14.3 Å². The summed E-state index contributed by atoms with van der Waals surface area (Å²) in [6.45, 7) is 0.0927. The second kappa shape index (κ2) is 7.27. The van der Waals surface area contributed by atoms with E-state index >= 15 is 0 Å². The van der Waals surface area contributed by atoms with Gasteiger partial charge in [0.15, 0.2) is 0 Å². The minimum Gasteiger partial charge on any atom is -0.395 e. The Morgan fingerprint density at radius 1 is 1.08 bits per heavy atom. The van der Waals surface area contributed by atoms with Crippen LogP contribution < -0.4 is 10.9 Å². The van der Waals surface area contributed by atoms with Crippen molar-refractivity contribution in [1.82, 2.24) is 4.57 Å². The molecule has 5 nitrogen and oxygen atoms in total. The standard InChI is InChI=1S/C19H17FN2O3/c20-14-6-4-13(5-7-14)12-18(24)21-17-3-1-2-16-15(17)8-9-22(10-11-23)19(16)25/h1-9,23H,10-12H2,(H,21,24). The molecule has 2 N–H and O–H groups in total. The average Bonchev–Trinajstić information content (AvgIpc) is 2.60. The van der Waals surface area contributed by atoms with Gasteiger partial charge >= 0.3 is 0 Å². The van der Waals surface area contributed by atoms with Gasteiger partial charge in [0.25, 0.3) is 5.56 Å². The van der Waals surface area contributed by atoms with E-state index in [4.69, 9.17) is 5.11 Å². The number of carbonyl (C=O) groups is 1. The number of hydrogen-bond acceptors (Lipinski definition) is 3. The smallest absolute Gasteiger partial charge is 0.258 e. The van der Waals surface area contributed by atoms with Gasteiger partial charge in [-0.3, -0.25) is 9.59 Å². The molecular weight excluding hydrogens is 323 g/mol. The normalized spacial score (nSPS) is 10.8. The molecular formula is C19H17FN2O3. The lowest BCUT2D eigenvalue weighted by molar-refractivity contribution is -0.115. The second-order valence-corrected chi connectivity index (χ2v) is 5.66. The fourth-order valence-electron chi connectivity index (χ4n) is 2.69. The van der Waals surface area contributed by atoms with Gasteiger partial charge in [-0.15, -0.1) is 0 Å². The zero-order valence-electron chi connectivity index (χ0n) is 13.4. The molecule has 0 spiro atoms. The summed E-state index contributed by atoms with van der Waals surface area (Å²) in [6, 6.07) is 12.6. The largest absolute Gasteiger partial charge is 0.395 e. The van der Waals surface area contributed by atoms with Crippen molar-refractivity contribution in [1.29, 1.82) is 0 Å². The lowest BCUT2D eigenvalue weighted by atomic mass is 10.1. The Hall–Kier alpha value is -2.99. The maximum atomic E-state index is 12.9. The van der Waals surface area contributed by atoms with E-state index in [-0.39, 0.29) is 36.9 Å². The summed E-state index contributed by atoms with van der Waals surface area (Å²) >= 11 is 0. The predicted octanol–water partition coefficient (Wildman–Crippen LogP) is 2.31. The van der Waals surface area contributed by atoms with Crippen molar-refractivity contribution in [2.75, 3.05) is 11.9 Å². The topological polar surface area (TPSA) is 71.3 Å². The molecule has 6 heteroatoms. The van der Waals surface area contributed by atoms with Gasteiger partial charge in [0.2, 0.25) is 5.91 Å². The number of hydrogen-bond donors (Lipinski definition) is 2. The van der Waals surface area contributed by atoms with Crippen LogP contribution in [0.1, 0.15) is 5.56 Å². The summed E-state index contributed by atoms with van der Waals surface area (Å²) in [7, 11) is 0. The van der Waals surface area contributed by atoms with Gasteiger partial charge in [0.05, 0.1) is 13.0 Å². The molecule has 0 atom stereocenters. The van der Waals surface area contributed by atoms with Crippen LogP contribution in [0.5, 0.6) is 0 Å². The number of halogens is 1. The van der Waals surface area contributed by atoms with Gasteiger partial charge in [-0.25, -0.2) is 4.39 Å². The molecule has 0 saturated heterocycles. The molecule has 2 aromatic carbocycles. The lowest BCUT2D eigenvalue weighted by Gasteiger charge is -2.10. The Bertz CT molecular complexity index is 965. The summed E-state index contributed by atoms with van der Waals surface area (Å²) in [5.74, 6) is -0.601. The number of anilines is 1. The van der Waals surface area contributed by atoms with Gasteiger partial charge < -0.3 is 15.0 Å². The molecule has 1 aromatic heterocycles. The van der Waals surface area contributed by atoms with Crippen LogP contribution in [-0.2, 0) is 17.8 Å². The molecule has 25 heavy (non-hydrogen) atoms. The fourth-order valence-corrected chi connectivity index (χ4v) is 2.69. The number of aliphatic hydroxyl groups is 1. The van der Waals surface area contributed by atoms with Crippen LogP contribution >= 0.6 is 0 Å². The van der Waals surface area contributed by atoms with Crippen molar-refractivity contribution >= 4 is 22.4 Å². The summed E-state index contributed by atoms with van der Waals surface area (Å²) < 4.78 is 14.3. The number of fused-ring (bicyclic) bond motifs is 1. The van der Waals surface area contributed by atoms with Gasteiger partial charge in [-0.05, 0) is 35.9 Å². The van der Waals surface area contributed by atoms with Gasteiger partial charge in [0, 0.05) is 29.2 Å². The summed E-state index contributed by atoms with van der Waals surface area (Å²) in [5, 5.41) is 12.9. The Morgan fingerprint density at radius 2 is 1.84 bits per heavy atom. The van der Waals surface area contributed by atoms with Crippen molar-refractivity contribution in [3.63, 3.8) is 0 Å². The number of benzene rings is 2. The van der Waals surface area contributed by atoms with Crippen LogP contribution in [0.2, 0.25) is 0 Å². The van der Waals surface area contributed by atoms with Crippen molar-refractivity contribution in [2.45, 2.75) is 13.0 Å². The van der Waals surface area contributed by atoms with Crippen molar-refractivity contribution in [3.8, 4) is 0 Å². The highest BCUT2D eigenvalue weighted by atomic mass is 19.1. The fraction of sp³-hybridized carbons (Fsp3) is 0.158. The van der Waals surface area contributed by atoms with Crippen LogP contribution in [0.4, 0.5) is 10.1 Å². The number of carbonyl (C=O) groups excluding carboxylic acids is 1. The number of nitrogens with one attached hydrogen (secondary N) is 1. The third kappa shape index (κ3) is 3.75. The molecule has 128 valence electrons. The molecule has 3 aromatic rings. The quantitative estimate of drug-likeness (QED) is 0.749. The van der Waals surface area contributed by atoms with E-state index in [1.807, 2.05) is 0 Å². The molecule has 0 bridgehead atoms. The molecule has 0 aliphatic heterocycles. The minimum absolute atomic E-state index is 0.109. The number of aromatic nitrogens is 1. The highest BCUT2D eigenvalue weighted by Crippen LogP contribution is 2.21. The number of rotatable bonds is 5. The molecule has 1 heterocycles. The predicted molar refractivity (Wildman–Crippen MR) is 94.0 cm³/mol. The summed E-state index contributed by atoms with van der Waals surface area (Å²) in [5.41, 5.74) is 1.02. The summed E-state index contributed by atoms with van der Waals surface area (Å²) in [6.07, 6.45) is 1.70. The van der Waals surface area contributed by atoms with E-state index in [1.165, 1.54) is 16.7 Å². The second-order valence-electron chi connectivity index (χ2n) is 5.66. The first-order valence-electron chi connectivity index (χ1n) is 7.86. The van der Waals surface area contributed by atoms with Crippen molar-refractivity contribution in [2.24, 2.45) is 0 Å². The first-order valence-corrected chi connectivity index (χ1v) is 7.86. The van der Waals surface area contributed by atoms with Gasteiger partial charge in [-0.1, -0.05) is 18.2 Å². The Labute approximate surface area is 143 Å². The number of amides is 1. The Balaban J connectivity index is 1.86. The zero-order valence-corrected chi connectivity index (χ0v) is 13.4. The number of pyridine rings is 1. The molecule has 3 rings (SSSR count). The van der Waals surface area contributed by atoms with E-state index < -0.39 is 0 Å². The van der Waals surface area contributed by atoms with E-state index in [0.717, 1.165) is 0 Å². The molecule has 0 fully saturated rings. The molecule has 0 aliphatic carbocycles. The average molecular weight is 340 g/mol. The number of nitrogens with zero attached hydrogens (tertiary/aromatic N) is 1. The lowest BCUT2D eigenvalue weighted by Crippen LogP contribution is -2.21. The summed E-state index contributed by atoms with van der Waals surface area (Å²) in [4.78, 5) is 24.6. The minimum atomic E-state index is -0.350. The maximum Gasteiger partial charge on any atom is 0.258 e. The highest BCUT2D eigenvalue weighted by molar-refractivity contribution is 6.02. The van der Waals surface area contributed by atoms with Gasteiger partial charge in [-0.2, -0.15) is 0 Å². The molecule has 0 aliphatic rings. The zero-order chi connectivity index (χ0) is 17.8. The molecule has 1 amide bonds. The third-order valence-corrected chi connectivity index (χ3v) is 3.91. The Kier molecular flexibility index (Phi) is 4.90. The maximum absolute atomic E-state index is 12.9. The molecule has 0 radical (unpaired) electrons. The highest BCUT2D eigenvalue weighted by Gasteiger charge is 2.10. The van der Waals surface area contributed by atoms with Crippen LogP contribution in [-0.4, -0.2) is 22.2 Å². The molecule has 0 unspecified atom stereocenters. The van der Waals surface area contributed by atoms with E-state index in [0.29, 0.717) is 22.0 Å². The van der Waals surface area contributed by atoms with Crippen LogP contribution in [0.15, 0.2) is 59.5 Å². The third-order valence-electron chi connectivity index (χ3n) is 3.91. The van der Waals surface area contributed by atoms with Crippen LogP contribution in [0, 0.1) is 5.82 Å². The first-order chi connectivity index (χ1) is 12.1. The van der Waals surface area contributed by atoms with E-state index in [1.54, 1.807) is 42.6 Å². The first kappa shape index (κ1) is 16.9. The number of aliphatic hydroxyl groups excluding tert-OH is 1. The monoisotopic (exact) mass is 340 g/mol. The Morgan fingerprint density at radius 3 is 2.56 bits per heavy atom. The van der Waals surface area contributed by atoms with Crippen LogP contribution in [0.25, 0.3) is 10.8 Å². The SMILES string of the molecule is O=C(Cc1ccc(F)cc1)Nc1cccc2c(=O)n(CCO)ccc12.